The minimum absolute atomic E-state index is 0.166. The summed E-state index contributed by atoms with van der Waals surface area (Å²) in [5, 5.41) is 3.54. The molecule has 3 nitrogen and oxygen atoms in total. The van der Waals surface area contributed by atoms with E-state index in [-0.39, 0.29) is 17.0 Å². The van der Waals surface area contributed by atoms with E-state index in [1.165, 1.54) is 6.07 Å². The zero-order valence-electron chi connectivity index (χ0n) is 10.6. The van der Waals surface area contributed by atoms with Crippen LogP contribution in [0.4, 0.5) is 5.69 Å². The molecule has 1 unspecified atom stereocenters. The van der Waals surface area contributed by atoms with Crippen molar-refractivity contribution in [1.29, 1.82) is 0 Å². The van der Waals surface area contributed by atoms with Gasteiger partial charge < -0.3 is 11.1 Å². The molecule has 0 fully saturated rings. The number of hydrogen-bond donors (Lipinski definition) is 2. The van der Waals surface area contributed by atoms with Gasteiger partial charge in [-0.3, -0.25) is 4.79 Å². The first-order valence-electron chi connectivity index (χ1n) is 6.04. The second kappa shape index (κ2) is 6.86. The van der Waals surface area contributed by atoms with Gasteiger partial charge in [0.05, 0.1) is 15.7 Å². The summed E-state index contributed by atoms with van der Waals surface area (Å²) in [5.74, 6) is -0.166. The van der Waals surface area contributed by atoms with Crippen LogP contribution in [0.5, 0.6) is 0 Å². The molecule has 0 saturated carbocycles. The third-order valence-electron chi connectivity index (χ3n) is 2.78. The molecular formula is C13H18Cl2N2O. The fraction of sp³-hybridized carbons (Fsp3) is 0.462. The van der Waals surface area contributed by atoms with E-state index < -0.39 is 0 Å². The zero-order valence-corrected chi connectivity index (χ0v) is 12.1. The van der Waals surface area contributed by atoms with Crippen LogP contribution in [0.15, 0.2) is 12.1 Å². The molecule has 1 aromatic rings. The molecule has 3 N–H and O–H groups in total. The summed E-state index contributed by atoms with van der Waals surface area (Å²) in [5.41, 5.74) is 6.44. The lowest BCUT2D eigenvalue weighted by atomic mass is 10.1. The minimum Gasteiger partial charge on any atom is -0.397 e. The highest BCUT2D eigenvalue weighted by Crippen LogP contribution is 2.29. The molecule has 0 aliphatic carbocycles. The van der Waals surface area contributed by atoms with Crippen LogP contribution in [0.3, 0.4) is 0 Å². The largest absolute Gasteiger partial charge is 0.397 e. The lowest BCUT2D eigenvalue weighted by Crippen LogP contribution is -2.34. The second-order valence-corrected chi connectivity index (χ2v) is 5.01. The van der Waals surface area contributed by atoms with E-state index in [1.807, 2.05) is 6.92 Å². The molecule has 0 aliphatic rings. The van der Waals surface area contributed by atoms with E-state index in [1.54, 1.807) is 6.07 Å². The van der Waals surface area contributed by atoms with Gasteiger partial charge in [0.15, 0.2) is 0 Å². The minimum atomic E-state index is -0.166. The van der Waals surface area contributed by atoms with Crippen LogP contribution in [0.2, 0.25) is 10.0 Å². The summed E-state index contributed by atoms with van der Waals surface area (Å²) in [4.78, 5) is 12.0. The van der Waals surface area contributed by atoms with Gasteiger partial charge in [-0.1, -0.05) is 43.5 Å². The Labute approximate surface area is 118 Å². The number of benzene rings is 1. The first kappa shape index (κ1) is 15.1. The van der Waals surface area contributed by atoms with Crippen LogP contribution in [0.1, 0.15) is 43.5 Å². The number of nitrogens with one attached hydrogen (secondary N) is 1. The number of hydrogen-bond acceptors (Lipinski definition) is 2. The second-order valence-electron chi connectivity index (χ2n) is 4.23. The third kappa shape index (κ3) is 3.79. The zero-order chi connectivity index (χ0) is 13.7. The quantitative estimate of drug-likeness (QED) is 0.808. The molecule has 18 heavy (non-hydrogen) atoms. The van der Waals surface area contributed by atoms with Gasteiger partial charge in [0.1, 0.15) is 0 Å². The van der Waals surface area contributed by atoms with Crippen molar-refractivity contribution in [3.05, 3.63) is 27.7 Å². The Morgan fingerprint density at radius 3 is 2.56 bits per heavy atom. The summed E-state index contributed by atoms with van der Waals surface area (Å²) in [7, 11) is 0. The van der Waals surface area contributed by atoms with E-state index in [0.29, 0.717) is 16.3 Å². The Balaban J connectivity index is 2.84. The number of rotatable bonds is 5. The molecule has 5 heteroatoms. The lowest BCUT2D eigenvalue weighted by Gasteiger charge is -2.16. The standard InChI is InChI=1S/C13H18Cl2N2O/c1-3-5-9(4-2)17-13(18)8-6-10(14)12(15)11(16)7-8/h6-7,9H,3-5,16H2,1-2H3,(H,17,18). The average Bonchev–Trinajstić information content (AvgIpc) is 2.34. The number of amides is 1. The number of nitrogens with two attached hydrogens (primary N) is 1. The molecule has 0 saturated heterocycles. The van der Waals surface area contributed by atoms with Crippen molar-refractivity contribution in [2.45, 2.75) is 39.2 Å². The van der Waals surface area contributed by atoms with E-state index in [2.05, 4.69) is 12.2 Å². The van der Waals surface area contributed by atoms with E-state index in [9.17, 15) is 4.79 Å². The number of anilines is 1. The molecule has 100 valence electrons. The van der Waals surface area contributed by atoms with Gasteiger partial charge >= 0.3 is 0 Å². The number of halogens is 2. The highest BCUT2D eigenvalue weighted by molar-refractivity contribution is 6.43. The van der Waals surface area contributed by atoms with Crippen molar-refractivity contribution < 1.29 is 4.79 Å². The Hall–Kier alpha value is -0.930. The van der Waals surface area contributed by atoms with Crippen molar-refractivity contribution in [3.63, 3.8) is 0 Å². The van der Waals surface area contributed by atoms with Crippen LogP contribution < -0.4 is 11.1 Å². The predicted octanol–water partition coefficient (Wildman–Crippen LogP) is 3.88. The Morgan fingerprint density at radius 2 is 2.06 bits per heavy atom. The van der Waals surface area contributed by atoms with Gasteiger partial charge in [-0.15, -0.1) is 0 Å². The fourth-order valence-corrected chi connectivity index (χ4v) is 2.07. The van der Waals surface area contributed by atoms with Gasteiger partial charge in [0, 0.05) is 11.6 Å². The topological polar surface area (TPSA) is 55.1 Å². The maximum atomic E-state index is 12.0. The van der Waals surface area contributed by atoms with Crippen LogP contribution >= 0.6 is 23.2 Å². The predicted molar refractivity (Wildman–Crippen MR) is 77.3 cm³/mol. The van der Waals surface area contributed by atoms with Crippen molar-refractivity contribution in [3.8, 4) is 0 Å². The maximum Gasteiger partial charge on any atom is 0.251 e. The molecule has 0 aromatic heterocycles. The number of nitrogen functional groups attached to an aromatic ring is 1. The molecule has 1 atom stereocenters. The molecule has 0 bridgehead atoms. The summed E-state index contributed by atoms with van der Waals surface area (Å²) in [6.07, 6.45) is 2.89. The van der Waals surface area contributed by atoms with E-state index >= 15 is 0 Å². The van der Waals surface area contributed by atoms with Crippen molar-refractivity contribution in [1.82, 2.24) is 5.32 Å². The van der Waals surface area contributed by atoms with Gasteiger partial charge in [-0.2, -0.15) is 0 Å². The van der Waals surface area contributed by atoms with Crippen LogP contribution in [-0.2, 0) is 0 Å². The average molecular weight is 289 g/mol. The first-order chi connectivity index (χ1) is 8.49. The molecule has 0 heterocycles. The molecule has 1 amide bonds. The van der Waals surface area contributed by atoms with Crippen LogP contribution in [0, 0.1) is 0 Å². The van der Waals surface area contributed by atoms with Gasteiger partial charge in [-0.05, 0) is 25.0 Å². The fourth-order valence-electron chi connectivity index (χ4n) is 1.74. The smallest absolute Gasteiger partial charge is 0.251 e. The number of carbonyl (C=O) groups is 1. The number of carbonyl (C=O) groups excluding carboxylic acids is 1. The van der Waals surface area contributed by atoms with Crippen LogP contribution in [0.25, 0.3) is 0 Å². The van der Waals surface area contributed by atoms with Crippen LogP contribution in [-0.4, -0.2) is 11.9 Å². The molecule has 0 spiro atoms. The highest BCUT2D eigenvalue weighted by atomic mass is 35.5. The van der Waals surface area contributed by atoms with Gasteiger partial charge in [-0.25, -0.2) is 0 Å². The Bertz CT molecular complexity index is 412. The van der Waals surface area contributed by atoms with Gasteiger partial charge in [0.25, 0.3) is 5.91 Å². The van der Waals surface area contributed by atoms with Crippen molar-refractivity contribution in [2.75, 3.05) is 5.73 Å². The molecule has 0 radical (unpaired) electrons. The third-order valence-corrected chi connectivity index (χ3v) is 3.60. The van der Waals surface area contributed by atoms with Gasteiger partial charge in [0.2, 0.25) is 0 Å². The summed E-state index contributed by atoms with van der Waals surface area (Å²) in [6, 6.07) is 3.26. The summed E-state index contributed by atoms with van der Waals surface area (Å²) < 4.78 is 0. The van der Waals surface area contributed by atoms with Crippen molar-refractivity contribution in [2.24, 2.45) is 0 Å². The Morgan fingerprint density at radius 1 is 1.39 bits per heavy atom. The Kier molecular flexibility index (Phi) is 5.76. The van der Waals surface area contributed by atoms with Crippen molar-refractivity contribution >= 4 is 34.8 Å². The monoisotopic (exact) mass is 288 g/mol. The molecule has 0 aliphatic heterocycles. The molecule has 1 rings (SSSR count). The summed E-state index contributed by atoms with van der Waals surface area (Å²) in [6.45, 7) is 4.13. The molecular weight excluding hydrogens is 271 g/mol. The van der Waals surface area contributed by atoms with E-state index in [0.717, 1.165) is 19.3 Å². The summed E-state index contributed by atoms with van der Waals surface area (Å²) >= 11 is 11.8. The molecule has 1 aromatic carbocycles. The SMILES string of the molecule is CCCC(CC)NC(=O)c1cc(N)c(Cl)c(Cl)c1. The highest BCUT2D eigenvalue weighted by Gasteiger charge is 2.14. The first-order valence-corrected chi connectivity index (χ1v) is 6.80. The normalized spacial score (nSPS) is 12.2. The van der Waals surface area contributed by atoms with E-state index in [4.69, 9.17) is 28.9 Å². The lowest BCUT2D eigenvalue weighted by molar-refractivity contribution is 0.0934. The maximum absolute atomic E-state index is 12.0.